The minimum atomic E-state index is -0.553. The van der Waals surface area contributed by atoms with E-state index in [9.17, 15) is 0 Å². The SMILES string of the molecule is [2H]c1c([2H])c([2H])c(-c2cccc(-c3c([2H])c([2H])c([2H])c([2H])c3[2H])c2N2C[CH-]N(c3[c-]c(Oc4[c-]c5c(cc4)c4ccccc4n5-c4cc(C(C)(C)C)ccn4)ccc3)c3ccccc32)c([2H])c1[2H].[Pt]. The maximum absolute atomic E-state index is 8.98. The monoisotopic (exact) mass is 954 g/mol. The third-order valence-electron chi connectivity index (χ3n) is 10.4. The zero-order valence-corrected chi connectivity index (χ0v) is 34.5. The maximum Gasteiger partial charge on any atom is 0.135 e. The van der Waals surface area contributed by atoms with Crippen molar-refractivity contribution in [3.05, 3.63) is 200 Å². The Morgan fingerprint density at radius 1 is 0.678 bits per heavy atom. The molecule has 0 atom stereocenters. The Bertz CT molecular complexity index is 3390. The summed E-state index contributed by atoms with van der Waals surface area (Å²) >= 11 is 0. The number of fused-ring (bicyclic) bond motifs is 4. The van der Waals surface area contributed by atoms with E-state index >= 15 is 0 Å². The standard InChI is InChI=1S/C53H41N4O.Pt/c1-53(2,3)39-30-31-54-51(34-39)57-47-25-11-10-22-45(47)46-29-28-42(36-50(46)57)58-41-21-14-20-40(35-41)55-32-33-56(49-27-13-12-26-48(49)55)52-43(37-16-6-4-7-17-37)23-15-24-44(52)38-18-8-5-9-19-38;/h4-32,34H,33H2,1-3H3;/q-3;/i4D,5D,6D,7D,8D,9D,16D,17D,18D,19D;. The normalized spacial score (nSPS) is 15.0. The summed E-state index contributed by atoms with van der Waals surface area (Å²) in [6, 6.07) is 36.2. The van der Waals surface area contributed by atoms with Gasteiger partial charge in [-0.15, -0.1) is 41.4 Å². The maximum atomic E-state index is 8.98. The van der Waals surface area contributed by atoms with E-state index in [0.29, 0.717) is 28.6 Å². The molecule has 0 amide bonds. The third-order valence-corrected chi connectivity index (χ3v) is 10.4. The summed E-state index contributed by atoms with van der Waals surface area (Å²) < 4.78 is 95.3. The van der Waals surface area contributed by atoms with Gasteiger partial charge in [-0.25, -0.2) is 11.5 Å². The van der Waals surface area contributed by atoms with Gasteiger partial charge in [0.2, 0.25) is 0 Å². The molecule has 6 heteroatoms. The average Bonchev–Trinajstić information content (AvgIpc) is 3.67. The Morgan fingerprint density at radius 3 is 2.07 bits per heavy atom. The smallest absolute Gasteiger partial charge is 0.135 e. The second kappa shape index (κ2) is 15.7. The van der Waals surface area contributed by atoms with Gasteiger partial charge in [0.1, 0.15) is 5.82 Å². The summed E-state index contributed by atoms with van der Waals surface area (Å²) in [5, 5.41) is 2.06. The predicted octanol–water partition coefficient (Wildman–Crippen LogP) is 13.7. The van der Waals surface area contributed by atoms with Gasteiger partial charge in [-0.2, -0.15) is 12.1 Å². The summed E-state index contributed by atoms with van der Waals surface area (Å²) in [6.45, 7) is 8.56. The summed E-state index contributed by atoms with van der Waals surface area (Å²) in [7, 11) is 0. The van der Waals surface area contributed by atoms with E-state index in [0.717, 1.165) is 33.2 Å². The van der Waals surface area contributed by atoms with Crippen LogP contribution in [0.4, 0.5) is 22.7 Å². The molecule has 59 heavy (non-hydrogen) atoms. The molecule has 2 aromatic heterocycles. The predicted molar refractivity (Wildman–Crippen MR) is 239 cm³/mol. The molecule has 0 saturated heterocycles. The fourth-order valence-corrected chi connectivity index (χ4v) is 7.64. The van der Waals surface area contributed by atoms with Crippen molar-refractivity contribution in [3.8, 4) is 39.6 Å². The van der Waals surface area contributed by atoms with Crippen molar-refractivity contribution in [1.29, 1.82) is 0 Å². The number of nitrogens with zero attached hydrogens (tertiary/aromatic N) is 4. The van der Waals surface area contributed by atoms with E-state index in [1.54, 1.807) is 18.2 Å². The number of rotatable bonds is 7. The number of anilines is 4. The van der Waals surface area contributed by atoms with Crippen LogP contribution in [-0.4, -0.2) is 16.1 Å². The minimum absolute atomic E-state index is 0. The van der Waals surface area contributed by atoms with E-state index < -0.39 is 60.4 Å². The van der Waals surface area contributed by atoms with Gasteiger partial charge in [-0.1, -0.05) is 142 Å². The molecular formula is C53H41N4OPt-3. The summed E-state index contributed by atoms with van der Waals surface area (Å²) in [5.74, 6) is 1.67. The van der Waals surface area contributed by atoms with Crippen molar-refractivity contribution in [2.24, 2.45) is 0 Å². The van der Waals surface area contributed by atoms with Crippen LogP contribution in [-0.2, 0) is 26.5 Å². The molecular weight excluding hydrogens is 904 g/mol. The van der Waals surface area contributed by atoms with Crippen LogP contribution in [0.5, 0.6) is 11.5 Å². The molecule has 1 aliphatic rings. The summed E-state index contributed by atoms with van der Waals surface area (Å²) in [5.41, 5.74) is 5.34. The summed E-state index contributed by atoms with van der Waals surface area (Å²) in [6.07, 6.45) is 1.84. The van der Waals surface area contributed by atoms with Gasteiger partial charge in [0, 0.05) is 61.1 Å². The van der Waals surface area contributed by atoms with Gasteiger partial charge in [0.05, 0.1) is 25.1 Å². The number of pyridine rings is 1. The van der Waals surface area contributed by atoms with Gasteiger partial charge in [0.25, 0.3) is 0 Å². The molecule has 5 nitrogen and oxygen atoms in total. The summed E-state index contributed by atoms with van der Waals surface area (Å²) in [4.78, 5) is 8.62. The zero-order chi connectivity index (χ0) is 47.9. The Morgan fingerprint density at radius 2 is 1.34 bits per heavy atom. The van der Waals surface area contributed by atoms with Crippen molar-refractivity contribution in [2.75, 3.05) is 16.3 Å². The quantitative estimate of drug-likeness (QED) is 0.149. The van der Waals surface area contributed by atoms with E-state index in [2.05, 4.69) is 55.7 Å². The molecule has 0 radical (unpaired) electrons. The molecule has 0 bridgehead atoms. The number of aromatic nitrogens is 2. The Hall–Kier alpha value is -6.42. The molecule has 10 rings (SSSR count). The van der Waals surface area contributed by atoms with Gasteiger partial charge in [0.15, 0.2) is 0 Å². The molecule has 9 aromatic rings. The molecule has 1 aliphatic heterocycles. The molecule has 0 fully saturated rings. The Kier molecular flexibility index (Phi) is 7.49. The van der Waals surface area contributed by atoms with Crippen LogP contribution < -0.4 is 14.5 Å². The average molecular weight is 955 g/mol. The minimum Gasteiger partial charge on any atom is -0.511 e. The van der Waals surface area contributed by atoms with Crippen LogP contribution in [0.15, 0.2) is 176 Å². The molecule has 0 spiro atoms. The zero-order valence-electron chi connectivity index (χ0n) is 42.3. The van der Waals surface area contributed by atoms with Crippen LogP contribution in [0.3, 0.4) is 0 Å². The van der Waals surface area contributed by atoms with Crippen molar-refractivity contribution in [3.63, 3.8) is 0 Å². The molecule has 0 aliphatic carbocycles. The van der Waals surface area contributed by atoms with Gasteiger partial charge in [-0.05, 0) is 57.8 Å². The Labute approximate surface area is 374 Å². The molecule has 7 aromatic carbocycles. The third kappa shape index (κ3) is 7.11. The van der Waals surface area contributed by atoms with E-state index in [4.69, 9.17) is 23.4 Å². The van der Waals surface area contributed by atoms with Crippen molar-refractivity contribution < 1.29 is 39.5 Å². The topological polar surface area (TPSA) is 33.5 Å². The van der Waals surface area contributed by atoms with Gasteiger partial charge >= 0.3 is 0 Å². The Balaban J connectivity index is 0.00000593. The first-order chi connectivity index (χ1) is 32.5. The van der Waals surface area contributed by atoms with Crippen molar-refractivity contribution in [2.45, 2.75) is 26.2 Å². The van der Waals surface area contributed by atoms with E-state index in [-0.39, 0.29) is 61.0 Å². The van der Waals surface area contributed by atoms with Crippen LogP contribution in [0.25, 0.3) is 49.9 Å². The number of para-hydroxylation sites is 4. The molecule has 292 valence electrons. The van der Waals surface area contributed by atoms with E-state index in [1.165, 1.54) is 0 Å². The van der Waals surface area contributed by atoms with Crippen LogP contribution in [0.1, 0.15) is 40.0 Å². The van der Waals surface area contributed by atoms with Crippen LogP contribution in [0, 0.1) is 18.7 Å². The van der Waals surface area contributed by atoms with Crippen molar-refractivity contribution >= 4 is 44.6 Å². The number of hydrogen-bond acceptors (Lipinski definition) is 4. The largest absolute Gasteiger partial charge is 0.511 e. The van der Waals surface area contributed by atoms with Gasteiger partial charge < -0.3 is 19.1 Å². The molecule has 0 N–H and O–H groups in total. The fourth-order valence-electron chi connectivity index (χ4n) is 7.64. The number of benzene rings is 7. The molecule has 0 saturated carbocycles. The fraction of sp³-hybridized carbons (Fsp3) is 0.0943. The first kappa shape index (κ1) is 28.1. The van der Waals surface area contributed by atoms with Crippen molar-refractivity contribution in [1.82, 2.24) is 9.55 Å². The van der Waals surface area contributed by atoms with Gasteiger partial charge in [-0.3, -0.25) is 0 Å². The molecule has 3 heterocycles. The second-order valence-electron chi connectivity index (χ2n) is 14.9. The van der Waals surface area contributed by atoms with E-state index in [1.807, 2.05) is 95.3 Å². The van der Waals surface area contributed by atoms with Crippen LogP contribution in [0.2, 0.25) is 0 Å². The number of hydrogen-bond donors (Lipinski definition) is 0. The first-order valence-corrected chi connectivity index (χ1v) is 18.9. The first-order valence-electron chi connectivity index (χ1n) is 23.9. The second-order valence-corrected chi connectivity index (χ2v) is 14.9. The molecule has 0 unspecified atom stereocenters. The number of ether oxygens (including phenoxy) is 1. The van der Waals surface area contributed by atoms with Crippen LogP contribution >= 0.6 is 0 Å².